The summed E-state index contributed by atoms with van der Waals surface area (Å²) in [4.78, 5) is 21.6. The van der Waals surface area contributed by atoms with Crippen LogP contribution in [0.1, 0.15) is 0 Å². The average molecular weight is 292 g/mol. The number of phosphoric acid groups is 1. The molecule has 4 N–H and O–H groups in total. The summed E-state index contributed by atoms with van der Waals surface area (Å²) in [6, 6.07) is 0. The van der Waals surface area contributed by atoms with Crippen molar-refractivity contribution >= 4 is 131 Å². The molecule has 0 heterocycles. The molecule has 0 aliphatic heterocycles. The predicted molar refractivity (Wildman–Crippen MR) is 49.1 cm³/mol. The molecule has 12 heavy (non-hydrogen) atoms. The van der Waals surface area contributed by atoms with Crippen LogP contribution in [0.2, 0.25) is 0 Å². The Hall–Kier alpha value is 3.64. The second-order valence-corrected chi connectivity index (χ2v) is 4.27. The summed E-state index contributed by atoms with van der Waals surface area (Å²) < 4.78 is 34.3. The maximum absolute atomic E-state index is 9.05. The molecule has 0 aromatic heterocycles. The van der Waals surface area contributed by atoms with Crippen molar-refractivity contribution < 1.29 is 32.2 Å². The summed E-state index contributed by atoms with van der Waals surface area (Å²) in [7, 11) is -8.61. The molecule has 0 radical (unpaired) electrons. The van der Waals surface area contributed by atoms with Crippen molar-refractivity contribution in [3.8, 4) is 0 Å². The minimum absolute atomic E-state index is 0. The van der Waals surface area contributed by atoms with Gasteiger partial charge < -0.3 is 14.7 Å². The van der Waals surface area contributed by atoms with Crippen LogP contribution >= 0.6 is 19.5 Å². The Morgan fingerprint density at radius 1 is 1.08 bits per heavy atom. The van der Waals surface area contributed by atoms with Gasteiger partial charge in [-0.1, -0.05) is 0 Å². The van der Waals surface area contributed by atoms with Gasteiger partial charge in [-0.15, -0.1) is 0 Å². The molecule has 0 spiro atoms. The first-order chi connectivity index (χ1) is 4.00. The molecule has 0 aromatic rings. The van der Waals surface area contributed by atoms with E-state index < -0.39 is 17.0 Å². The zero-order valence-corrected chi connectivity index (χ0v) is 6.92. The molecular formula is H7K2O7PS2. The first-order valence-corrected chi connectivity index (χ1v) is 5.54. The Morgan fingerprint density at radius 3 is 1.08 bits per heavy atom. The Balaban J connectivity index is -0.0000000457. The molecule has 0 aliphatic rings. The van der Waals surface area contributed by atoms with E-state index in [1.807, 2.05) is 0 Å². The quantitative estimate of drug-likeness (QED) is 0.110. The van der Waals surface area contributed by atoms with E-state index >= 15 is 0 Å². The molecule has 0 unspecified atom stereocenters. The third-order valence-corrected chi connectivity index (χ3v) is 0. The molecule has 68 valence electrons. The van der Waals surface area contributed by atoms with Crippen molar-refractivity contribution in [3.05, 3.63) is 0 Å². The van der Waals surface area contributed by atoms with E-state index in [2.05, 4.69) is 11.7 Å². The van der Waals surface area contributed by atoms with Crippen LogP contribution in [-0.4, -0.2) is 130 Å². The van der Waals surface area contributed by atoms with E-state index in [1.165, 1.54) is 0 Å². The van der Waals surface area contributed by atoms with Crippen LogP contribution in [0.15, 0.2) is 0 Å². The molecule has 0 saturated carbocycles. The van der Waals surface area contributed by atoms with Crippen LogP contribution in [0.25, 0.3) is 0 Å². The monoisotopic (exact) mass is 292 g/mol. The van der Waals surface area contributed by atoms with Gasteiger partial charge in [0.05, 0.1) is 0 Å². The van der Waals surface area contributed by atoms with Crippen LogP contribution in [-0.2, 0) is 13.7 Å². The number of rotatable bonds is 0. The molecule has 0 aromatic carbocycles. The Bertz CT molecular complexity index is 197. The summed E-state index contributed by atoms with van der Waals surface area (Å²) >= 11 is 2.65. The Labute approximate surface area is 159 Å². The first kappa shape index (κ1) is 24.7. The zero-order chi connectivity index (χ0) is 9.00. The molecule has 0 aliphatic carbocycles. The van der Waals surface area contributed by atoms with Crippen LogP contribution in [0.4, 0.5) is 0 Å². The second-order valence-electron chi connectivity index (χ2n) is 0.961. The average Bonchev–Trinajstić information content (AvgIpc) is 1.12. The van der Waals surface area contributed by atoms with Crippen molar-refractivity contribution in [2.24, 2.45) is 0 Å². The first-order valence-electron chi connectivity index (χ1n) is 1.48. The van der Waals surface area contributed by atoms with Gasteiger partial charge in [-0.3, -0.25) is 4.55 Å². The van der Waals surface area contributed by atoms with Gasteiger partial charge in [0.2, 0.25) is 0 Å². The minimum atomic E-state index is -4.64. The van der Waals surface area contributed by atoms with Gasteiger partial charge in [0.15, 0.2) is 0 Å². The molecule has 0 saturated heterocycles. The van der Waals surface area contributed by atoms with E-state index in [0.29, 0.717) is 0 Å². The fourth-order valence-electron chi connectivity index (χ4n) is 0. The number of thiol groups is 1. The standard InChI is InChI=1S/2K.H3O4P.H2O3S2.2H/c;;2*1-5(2,3)4;;/h;;(H3,1,2,3,4);(H2,1,2,3,4);;. The third kappa shape index (κ3) is 164. The Kier molecular flexibility index (Phi) is 23.0. The second kappa shape index (κ2) is 11.1. The zero-order valence-electron chi connectivity index (χ0n) is 4.32. The molecule has 0 bridgehead atoms. The Morgan fingerprint density at radius 2 is 1.08 bits per heavy atom. The van der Waals surface area contributed by atoms with E-state index in [1.54, 1.807) is 0 Å². The van der Waals surface area contributed by atoms with Crippen LogP contribution in [0.5, 0.6) is 0 Å². The van der Waals surface area contributed by atoms with E-state index in [4.69, 9.17) is 32.2 Å². The summed E-state index contributed by atoms with van der Waals surface area (Å²) in [5.41, 5.74) is 0. The molecule has 0 amide bonds. The van der Waals surface area contributed by atoms with Gasteiger partial charge in [-0.25, -0.2) is 4.57 Å². The molecule has 0 atom stereocenters. The maximum atomic E-state index is 9.05. The number of hydrogen-bond donors (Lipinski definition) is 5. The summed E-state index contributed by atoms with van der Waals surface area (Å²) in [5.74, 6) is 0. The van der Waals surface area contributed by atoms with Crippen LogP contribution < -0.4 is 0 Å². The normalized spacial score (nSPS) is 9.75. The van der Waals surface area contributed by atoms with E-state index in [0.717, 1.165) is 0 Å². The third-order valence-electron chi connectivity index (χ3n) is 0. The summed E-state index contributed by atoms with van der Waals surface area (Å²) in [5, 5.41) is 0. The van der Waals surface area contributed by atoms with E-state index in [9.17, 15) is 0 Å². The fraction of sp³-hybridized carbons (Fsp3) is 0. The van der Waals surface area contributed by atoms with Gasteiger partial charge in [-0.05, 0) is 11.7 Å². The SMILES string of the molecule is O=P(O)(O)O.O=S(=O)(O)S.[KH].[KH]. The molecule has 0 fully saturated rings. The van der Waals surface area contributed by atoms with Crippen molar-refractivity contribution in [1.29, 1.82) is 0 Å². The van der Waals surface area contributed by atoms with Crippen molar-refractivity contribution in [1.82, 2.24) is 0 Å². The van der Waals surface area contributed by atoms with Gasteiger partial charge >= 0.3 is 120 Å². The van der Waals surface area contributed by atoms with Crippen LogP contribution in [0, 0.1) is 0 Å². The summed E-state index contributed by atoms with van der Waals surface area (Å²) in [6.07, 6.45) is 0. The predicted octanol–water partition coefficient (Wildman–Crippen LogP) is -2.51. The topological polar surface area (TPSA) is 132 Å². The van der Waals surface area contributed by atoms with Gasteiger partial charge in [-0.2, -0.15) is 8.42 Å². The number of hydrogen-bond acceptors (Lipinski definition) is 3. The van der Waals surface area contributed by atoms with Gasteiger partial charge in [0.25, 0.3) is 0 Å². The van der Waals surface area contributed by atoms with Crippen molar-refractivity contribution in [2.45, 2.75) is 0 Å². The van der Waals surface area contributed by atoms with Gasteiger partial charge in [0.1, 0.15) is 0 Å². The fourth-order valence-corrected chi connectivity index (χ4v) is 0. The van der Waals surface area contributed by atoms with Crippen LogP contribution in [0.3, 0.4) is 0 Å². The molecular weight excluding hydrogens is 285 g/mol. The van der Waals surface area contributed by atoms with Crippen molar-refractivity contribution in [2.75, 3.05) is 0 Å². The molecule has 0 rings (SSSR count). The van der Waals surface area contributed by atoms with Gasteiger partial charge in [0, 0.05) is 0 Å². The molecule has 12 heteroatoms. The van der Waals surface area contributed by atoms with Crippen molar-refractivity contribution in [3.63, 3.8) is 0 Å². The summed E-state index contributed by atoms with van der Waals surface area (Å²) in [6.45, 7) is 0. The molecule has 7 nitrogen and oxygen atoms in total. The van der Waals surface area contributed by atoms with E-state index in [-0.39, 0.29) is 103 Å².